The number of hydrogen-bond acceptors (Lipinski definition) is 2. The SMILES string of the molecule is CCC(CN)CC(=O)NCC1CCC1. The van der Waals surface area contributed by atoms with E-state index >= 15 is 0 Å². The molecule has 0 aliphatic heterocycles. The molecule has 1 aliphatic rings. The van der Waals surface area contributed by atoms with Gasteiger partial charge in [0.1, 0.15) is 0 Å². The van der Waals surface area contributed by atoms with Crippen molar-refractivity contribution in [1.29, 1.82) is 0 Å². The predicted molar refractivity (Wildman–Crippen MR) is 57.8 cm³/mol. The van der Waals surface area contributed by atoms with E-state index in [4.69, 9.17) is 5.73 Å². The lowest BCUT2D eigenvalue weighted by molar-refractivity contribution is -0.122. The summed E-state index contributed by atoms with van der Waals surface area (Å²) in [6.45, 7) is 3.57. The highest BCUT2D eigenvalue weighted by Crippen LogP contribution is 2.25. The zero-order valence-electron chi connectivity index (χ0n) is 9.09. The molecule has 1 saturated carbocycles. The van der Waals surface area contributed by atoms with E-state index in [-0.39, 0.29) is 5.91 Å². The number of carbonyl (C=O) groups excluding carboxylic acids is 1. The van der Waals surface area contributed by atoms with Crippen LogP contribution >= 0.6 is 0 Å². The van der Waals surface area contributed by atoms with Gasteiger partial charge in [0.05, 0.1) is 0 Å². The lowest BCUT2D eigenvalue weighted by Gasteiger charge is -2.25. The second-order valence-electron chi connectivity index (χ2n) is 4.32. The Labute approximate surface area is 86.4 Å². The molecule has 1 aliphatic carbocycles. The van der Waals surface area contributed by atoms with Crippen molar-refractivity contribution in [1.82, 2.24) is 5.32 Å². The van der Waals surface area contributed by atoms with Gasteiger partial charge in [-0.3, -0.25) is 4.79 Å². The van der Waals surface area contributed by atoms with Gasteiger partial charge in [0.15, 0.2) is 0 Å². The van der Waals surface area contributed by atoms with E-state index in [2.05, 4.69) is 12.2 Å². The first-order valence-corrected chi connectivity index (χ1v) is 5.73. The molecule has 0 heterocycles. The maximum atomic E-state index is 11.4. The van der Waals surface area contributed by atoms with E-state index in [9.17, 15) is 4.79 Å². The van der Waals surface area contributed by atoms with E-state index in [0.29, 0.717) is 18.9 Å². The first-order chi connectivity index (χ1) is 6.76. The molecule has 3 N–H and O–H groups in total. The highest BCUT2D eigenvalue weighted by atomic mass is 16.1. The van der Waals surface area contributed by atoms with Crippen LogP contribution in [0.4, 0.5) is 0 Å². The largest absolute Gasteiger partial charge is 0.356 e. The molecule has 0 bridgehead atoms. The molecule has 0 spiro atoms. The van der Waals surface area contributed by atoms with Crippen molar-refractivity contribution in [2.24, 2.45) is 17.6 Å². The first kappa shape index (κ1) is 11.5. The Morgan fingerprint density at radius 3 is 2.71 bits per heavy atom. The lowest BCUT2D eigenvalue weighted by Crippen LogP contribution is -2.34. The third-order valence-electron chi connectivity index (χ3n) is 3.20. The molecule has 0 aromatic heterocycles. The van der Waals surface area contributed by atoms with Crippen LogP contribution in [0.1, 0.15) is 39.0 Å². The van der Waals surface area contributed by atoms with Crippen LogP contribution in [0.3, 0.4) is 0 Å². The Hall–Kier alpha value is -0.570. The minimum absolute atomic E-state index is 0.175. The molecule has 14 heavy (non-hydrogen) atoms. The van der Waals surface area contributed by atoms with E-state index in [0.717, 1.165) is 18.9 Å². The third-order valence-corrected chi connectivity index (χ3v) is 3.20. The molecule has 3 heteroatoms. The Balaban J connectivity index is 2.07. The summed E-state index contributed by atoms with van der Waals surface area (Å²) in [5, 5.41) is 2.99. The maximum Gasteiger partial charge on any atom is 0.220 e. The Morgan fingerprint density at radius 2 is 2.29 bits per heavy atom. The van der Waals surface area contributed by atoms with Gasteiger partial charge in [-0.2, -0.15) is 0 Å². The van der Waals surface area contributed by atoms with Crippen LogP contribution < -0.4 is 11.1 Å². The number of rotatable bonds is 6. The quantitative estimate of drug-likeness (QED) is 0.675. The van der Waals surface area contributed by atoms with Crippen molar-refractivity contribution in [3.05, 3.63) is 0 Å². The van der Waals surface area contributed by atoms with Gasteiger partial charge in [-0.05, 0) is 31.2 Å². The van der Waals surface area contributed by atoms with E-state index in [1.54, 1.807) is 0 Å². The van der Waals surface area contributed by atoms with Crippen LogP contribution in [-0.2, 0) is 4.79 Å². The second-order valence-corrected chi connectivity index (χ2v) is 4.32. The smallest absolute Gasteiger partial charge is 0.220 e. The number of hydrogen-bond donors (Lipinski definition) is 2. The summed E-state index contributed by atoms with van der Waals surface area (Å²) in [5.41, 5.74) is 5.54. The summed E-state index contributed by atoms with van der Waals surface area (Å²) in [4.78, 5) is 11.4. The van der Waals surface area contributed by atoms with E-state index in [1.807, 2.05) is 0 Å². The van der Waals surface area contributed by atoms with Crippen LogP contribution in [0.5, 0.6) is 0 Å². The first-order valence-electron chi connectivity index (χ1n) is 5.73. The summed E-state index contributed by atoms with van der Waals surface area (Å²) < 4.78 is 0. The predicted octanol–water partition coefficient (Wildman–Crippen LogP) is 1.28. The molecule has 3 nitrogen and oxygen atoms in total. The molecule has 1 atom stereocenters. The number of nitrogens with two attached hydrogens (primary N) is 1. The topological polar surface area (TPSA) is 55.1 Å². The Kier molecular flexibility index (Phi) is 4.94. The van der Waals surface area contributed by atoms with Gasteiger partial charge < -0.3 is 11.1 Å². The van der Waals surface area contributed by atoms with E-state index in [1.165, 1.54) is 19.3 Å². The maximum absolute atomic E-state index is 11.4. The highest BCUT2D eigenvalue weighted by Gasteiger charge is 2.18. The molecule has 82 valence electrons. The molecule has 0 aromatic rings. The van der Waals surface area contributed by atoms with Crippen molar-refractivity contribution in [3.63, 3.8) is 0 Å². The van der Waals surface area contributed by atoms with Crippen LogP contribution in [0.2, 0.25) is 0 Å². The average Bonchev–Trinajstić information content (AvgIpc) is 2.11. The standard InChI is InChI=1S/C11H22N2O/c1-2-9(7-12)6-11(14)13-8-10-4-3-5-10/h9-10H,2-8,12H2,1H3,(H,13,14). The molecule has 1 unspecified atom stereocenters. The zero-order chi connectivity index (χ0) is 10.4. The van der Waals surface area contributed by atoms with Crippen molar-refractivity contribution in [2.45, 2.75) is 39.0 Å². The third kappa shape index (κ3) is 3.66. The molecule has 0 aromatic carbocycles. The van der Waals surface area contributed by atoms with E-state index < -0.39 is 0 Å². The molecule has 1 amide bonds. The van der Waals surface area contributed by atoms with Gasteiger partial charge in [-0.25, -0.2) is 0 Å². The highest BCUT2D eigenvalue weighted by molar-refractivity contribution is 5.76. The van der Waals surface area contributed by atoms with Crippen molar-refractivity contribution >= 4 is 5.91 Å². The molecule has 1 fully saturated rings. The van der Waals surface area contributed by atoms with Crippen molar-refractivity contribution in [3.8, 4) is 0 Å². The Morgan fingerprint density at radius 1 is 1.57 bits per heavy atom. The molecular formula is C11H22N2O. The molecule has 1 rings (SSSR count). The minimum atomic E-state index is 0.175. The summed E-state index contributed by atoms with van der Waals surface area (Å²) in [6, 6.07) is 0. The fourth-order valence-electron chi connectivity index (χ4n) is 1.68. The summed E-state index contributed by atoms with van der Waals surface area (Å²) >= 11 is 0. The normalized spacial score (nSPS) is 18.7. The van der Waals surface area contributed by atoms with Gasteiger partial charge >= 0.3 is 0 Å². The van der Waals surface area contributed by atoms with Gasteiger partial charge in [-0.15, -0.1) is 0 Å². The van der Waals surface area contributed by atoms with Gasteiger partial charge in [0.2, 0.25) is 5.91 Å². The van der Waals surface area contributed by atoms with Gasteiger partial charge in [-0.1, -0.05) is 19.8 Å². The summed E-state index contributed by atoms with van der Waals surface area (Å²) in [5.74, 6) is 1.28. The lowest BCUT2D eigenvalue weighted by atomic mass is 9.85. The second kappa shape index (κ2) is 6.02. The number of carbonyl (C=O) groups is 1. The summed E-state index contributed by atoms with van der Waals surface area (Å²) in [7, 11) is 0. The number of amides is 1. The number of nitrogens with one attached hydrogen (secondary N) is 1. The fraction of sp³-hybridized carbons (Fsp3) is 0.909. The van der Waals surface area contributed by atoms with Crippen molar-refractivity contribution < 1.29 is 4.79 Å². The van der Waals surface area contributed by atoms with Gasteiger partial charge in [0.25, 0.3) is 0 Å². The fourth-order valence-corrected chi connectivity index (χ4v) is 1.68. The van der Waals surface area contributed by atoms with Crippen LogP contribution in [0.25, 0.3) is 0 Å². The Bertz CT molecular complexity index is 174. The van der Waals surface area contributed by atoms with Crippen LogP contribution in [0, 0.1) is 11.8 Å². The monoisotopic (exact) mass is 198 g/mol. The van der Waals surface area contributed by atoms with Crippen molar-refractivity contribution in [2.75, 3.05) is 13.1 Å². The molecular weight excluding hydrogens is 176 g/mol. The molecule has 0 saturated heterocycles. The minimum Gasteiger partial charge on any atom is -0.356 e. The molecule has 0 radical (unpaired) electrons. The average molecular weight is 198 g/mol. The van der Waals surface area contributed by atoms with Gasteiger partial charge in [0, 0.05) is 13.0 Å². The zero-order valence-corrected chi connectivity index (χ0v) is 9.09. The van der Waals surface area contributed by atoms with Crippen LogP contribution in [0.15, 0.2) is 0 Å². The summed E-state index contributed by atoms with van der Waals surface area (Å²) in [6.07, 6.45) is 5.50. The van der Waals surface area contributed by atoms with Crippen LogP contribution in [-0.4, -0.2) is 19.0 Å².